The topological polar surface area (TPSA) is 73.9 Å². The van der Waals surface area contributed by atoms with E-state index in [0.717, 1.165) is 12.0 Å². The number of hydrogen-bond acceptors (Lipinski definition) is 5. The molecule has 0 radical (unpaired) electrons. The molecule has 0 aliphatic carbocycles. The molecule has 2 aromatic rings. The van der Waals surface area contributed by atoms with Crippen molar-refractivity contribution in [1.29, 1.82) is 0 Å². The van der Waals surface area contributed by atoms with Crippen molar-refractivity contribution in [3.8, 4) is 11.5 Å². The Morgan fingerprint density at radius 1 is 1.00 bits per heavy atom. The fourth-order valence-corrected chi connectivity index (χ4v) is 2.19. The molecule has 25 heavy (non-hydrogen) atoms. The van der Waals surface area contributed by atoms with Gasteiger partial charge in [-0.3, -0.25) is 4.79 Å². The lowest BCUT2D eigenvalue weighted by Crippen LogP contribution is -2.21. The summed E-state index contributed by atoms with van der Waals surface area (Å²) in [6.07, 6.45) is 0.889. The number of hydrogen-bond donors (Lipinski definition) is 1. The second-order valence-corrected chi connectivity index (χ2v) is 5.24. The summed E-state index contributed by atoms with van der Waals surface area (Å²) in [5, 5.41) is 2.64. The summed E-state index contributed by atoms with van der Waals surface area (Å²) in [4.78, 5) is 24.0. The average molecular weight is 343 g/mol. The standard InChI is InChI=1S/C19H21NO5/c1-4-13-5-7-14(8-6-13)19(22)25-12-18(21)20-16-11-15(23-2)9-10-17(16)24-3/h5-11H,4,12H2,1-3H3,(H,20,21). The Bertz CT molecular complexity index is 740. The lowest BCUT2D eigenvalue weighted by Gasteiger charge is -2.12. The summed E-state index contributed by atoms with van der Waals surface area (Å²) >= 11 is 0. The van der Waals surface area contributed by atoms with Crippen LogP contribution < -0.4 is 14.8 Å². The van der Waals surface area contributed by atoms with Gasteiger partial charge in [0, 0.05) is 6.07 Å². The number of anilines is 1. The molecule has 2 aromatic carbocycles. The summed E-state index contributed by atoms with van der Waals surface area (Å²) in [5.41, 5.74) is 1.97. The molecule has 1 amide bonds. The Morgan fingerprint density at radius 2 is 1.72 bits per heavy atom. The number of ether oxygens (including phenoxy) is 3. The Labute approximate surface area is 146 Å². The van der Waals surface area contributed by atoms with Gasteiger partial charge in [0.2, 0.25) is 0 Å². The van der Waals surface area contributed by atoms with Gasteiger partial charge >= 0.3 is 5.97 Å². The summed E-state index contributed by atoms with van der Waals surface area (Å²) in [6, 6.07) is 12.1. The van der Waals surface area contributed by atoms with Gasteiger partial charge in [0.05, 0.1) is 25.5 Å². The van der Waals surface area contributed by atoms with E-state index in [2.05, 4.69) is 5.32 Å². The SMILES string of the molecule is CCc1ccc(C(=O)OCC(=O)Nc2cc(OC)ccc2OC)cc1. The van der Waals surface area contributed by atoms with Crippen LogP contribution in [0.3, 0.4) is 0 Å². The zero-order chi connectivity index (χ0) is 18.2. The lowest BCUT2D eigenvalue weighted by molar-refractivity contribution is -0.119. The Hall–Kier alpha value is -3.02. The molecule has 2 rings (SSSR count). The minimum absolute atomic E-state index is 0.394. The van der Waals surface area contributed by atoms with Crippen LogP contribution in [0.4, 0.5) is 5.69 Å². The van der Waals surface area contributed by atoms with Gasteiger partial charge in [0.1, 0.15) is 11.5 Å². The van der Waals surface area contributed by atoms with E-state index in [1.54, 1.807) is 30.3 Å². The van der Waals surface area contributed by atoms with Crippen LogP contribution in [-0.4, -0.2) is 32.7 Å². The average Bonchev–Trinajstić information content (AvgIpc) is 2.66. The summed E-state index contributed by atoms with van der Waals surface area (Å²) in [5.74, 6) is 0.0419. The first kappa shape index (κ1) is 18.3. The number of rotatable bonds is 7. The van der Waals surface area contributed by atoms with Gasteiger partial charge in [-0.15, -0.1) is 0 Å². The van der Waals surface area contributed by atoms with E-state index in [-0.39, 0.29) is 0 Å². The maximum Gasteiger partial charge on any atom is 0.338 e. The van der Waals surface area contributed by atoms with Crippen LogP contribution in [0.2, 0.25) is 0 Å². The van der Waals surface area contributed by atoms with Crippen molar-refractivity contribution >= 4 is 17.6 Å². The van der Waals surface area contributed by atoms with Crippen molar-refractivity contribution in [1.82, 2.24) is 0 Å². The number of carbonyl (C=O) groups is 2. The van der Waals surface area contributed by atoms with Crippen molar-refractivity contribution in [3.05, 3.63) is 53.6 Å². The second kappa shape index (κ2) is 8.73. The molecule has 0 bridgehead atoms. The van der Waals surface area contributed by atoms with E-state index in [1.165, 1.54) is 14.2 Å². The molecule has 0 atom stereocenters. The number of nitrogens with one attached hydrogen (secondary N) is 1. The van der Waals surface area contributed by atoms with Crippen molar-refractivity contribution in [2.45, 2.75) is 13.3 Å². The summed E-state index contributed by atoms with van der Waals surface area (Å²) in [7, 11) is 3.02. The predicted octanol–water partition coefficient (Wildman–Crippen LogP) is 3.06. The van der Waals surface area contributed by atoms with Gasteiger partial charge in [0.15, 0.2) is 6.61 Å². The van der Waals surface area contributed by atoms with Crippen LogP contribution >= 0.6 is 0 Å². The molecule has 0 spiro atoms. The number of esters is 1. The van der Waals surface area contributed by atoms with Crippen LogP contribution in [0.25, 0.3) is 0 Å². The highest BCUT2D eigenvalue weighted by atomic mass is 16.5. The molecule has 0 unspecified atom stereocenters. The van der Waals surface area contributed by atoms with Crippen molar-refractivity contribution < 1.29 is 23.8 Å². The highest BCUT2D eigenvalue weighted by molar-refractivity contribution is 5.96. The van der Waals surface area contributed by atoms with Gasteiger partial charge in [-0.05, 0) is 36.2 Å². The van der Waals surface area contributed by atoms with Crippen LogP contribution in [0.15, 0.2) is 42.5 Å². The number of aryl methyl sites for hydroxylation is 1. The first-order chi connectivity index (χ1) is 12.1. The van der Waals surface area contributed by atoms with Gasteiger partial charge in [-0.2, -0.15) is 0 Å². The molecule has 1 N–H and O–H groups in total. The number of amides is 1. The van der Waals surface area contributed by atoms with E-state index < -0.39 is 18.5 Å². The molecule has 0 aromatic heterocycles. The summed E-state index contributed by atoms with van der Waals surface area (Å²) in [6.45, 7) is 1.64. The first-order valence-electron chi connectivity index (χ1n) is 7.85. The van der Waals surface area contributed by atoms with Crippen LogP contribution in [0.5, 0.6) is 11.5 Å². The van der Waals surface area contributed by atoms with Crippen molar-refractivity contribution in [3.63, 3.8) is 0 Å². The van der Waals surface area contributed by atoms with Crippen molar-refractivity contribution in [2.24, 2.45) is 0 Å². The zero-order valence-electron chi connectivity index (χ0n) is 14.5. The predicted molar refractivity (Wildman–Crippen MR) is 94.3 cm³/mol. The quantitative estimate of drug-likeness (QED) is 0.782. The number of benzene rings is 2. The van der Waals surface area contributed by atoms with Crippen LogP contribution in [-0.2, 0) is 16.0 Å². The van der Waals surface area contributed by atoms with Crippen molar-refractivity contribution in [2.75, 3.05) is 26.1 Å². The monoisotopic (exact) mass is 343 g/mol. The van der Waals surface area contributed by atoms with Gasteiger partial charge in [-0.1, -0.05) is 19.1 Å². The molecule has 132 valence electrons. The van der Waals surface area contributed by atoms with E-state index in [9.17, 15) is 9.59 Å². The lowest BCUT2D eigenvalue weighted by atomic mass is 10.1. The fourth-order valence-electron chi connectivity index (χ4n) is 2.19. The molecule has 0 aliphatic heterocycles. The second-order valence-electron chi connectivity index (χ2n) is 5.24. The number of carbonyl (C=O) groups excluding carboxylic acids is 2. The Morgan fingerprint density at radius 3 is 2.32 bits per heavy atom. The smallest absolute Gasteiger partial charge is 0.338 e. The molecule has 0 saturated carbocycles. The highest BCUT2D eigenvalue weighted by Gasteiger charge is 2.13. The Kier molecular flexibility index (Phi) is 6.39. The van der Waals surface area contributed by atoms with E-state index in [0.29, 0.717) is 22.7 Å². The molecular weight excluding hydrogens is 322 g/mol. The van der Waals surface area contributed by atoms with Gasteiger partial charge in [-0.25, -0.2) is 4.79 Å². The maximum absolute atomic E-state index is 12.0. The minimum atomic E-state index is -0.546. The molecule has 0 heterocycles. The third-order valence-electron chi connectivity index (χ3n) is 3.61. The molecule has 0 saturated heterocycles. The van der Waals surface area contributed by atoms with Crippen LogP contribution in [0, 0.1) is 0 Å². The van der Waals surface area contributed by atoms with Gasteiger partial charge in [0.25, 0.3) is 5.91 Å². The van der Waals surface area contributed by atoms with E-state index >= 15 is 0 Å². The van der Waals surface area contributed by atoms with Gasteiger partial charge < -0.3 is 19.5 Å². The molecule has 6 nitrogen and oxygen atoms in total. The first-order valence-corrected chi connectivity index (χ1v) is 7.85. The Balaban J connectivity index is 1.95. The molecule has 6 heteroatoms. The number of methoxy groups -OCH3 is 2. The van der Waals surface area contributed by atoms with E-state index in [4.69, 9.17) is 14.2 Å². The minimum Gasteiger partial charge on any atom is -0.497 e. The van der Waals surface area contributed by atoms with Crippen LogP contribution in [0.1, 0.15) is 22.8 Å². The van der Waals surface area contributed by atoms with E-state index in [1.807, 2.05) is 19.1 Å². The molecule has 0 fully saturated rings. The zero-order valence-corrected chi connectivity index (χ0v) is 14.5. The third kappa shape index (κ3) is 4.97. The normalized spacial score (nSPS) is 10.0. The molecule has 0 aliphatic rings. The third-order valence-corrected chi connectivity index (χ3v) is 3.61. The maximum atomic E-state index is 12.0. The largest absolute Gasteiger partial charge is 0.497 e. The summed E-state index contributed by atoms with van der Waals surface area (Å²) < 4.78 is 15.3. The highest BCUT2D eigenvalue weighted by Crippen LogP contribution is 2.28. The fraction of sp³-hybridized carbons (Fsp3) is 0.263. The molecular formula is C19H21NO5.